The molecule has 1 aliphatic heterocycles. The lowest BCUT2D eigenvalue weighted by molar-refractivity contribution is -0.132. The first kappa shape index (κ1) is 23.7. The Labute approximate surface area is 207 Å². The number of amides is 1. The summed E-state index contributed by atoms with van der Waals surface area (Å²) in [6, 6.07) is 12.6. The monoisotopic (exact) mass is 542 g/mol. The molecule has 8 nitrogen and oxygen atoms in total. The third-order valence-corrected chi connectivity index (χ3v) is 7.00. The molecular weight excluding hydrogens is 524 g/mol. The highest BCUT2D eigenvalue weighted by atomic mass is 79.9. The minimum atomic E-state index is -0.963. The Bertz CT molecular complexity index is 1330. The fourth-order valence-corrected chi connectivity index (χ4v) is 4.96. The van der Waals surface area contributed by atoms with Crippen molar-refractivity contribution in [3.63, 3.8) is 0 Å². The lowest BCUT2D eigenvalue weighted by atomic mass is 9.95. The lowest BCUT2D eigenvalue weighted by Crippen LogP contribution is -2.29. The van der Waals surface area contributed by atoms with Crippen molar-refractivity contribution in [2.45, 2.75) is 13.0 Å². The van der Waals surface area contributed by atoms with Crippen LogP contribution in [0.15, 0.2) is 58.6 Å². The Balaban J connectivity index is 1.93. The molecule has 1 aromatic heterocycles. The van der Waals surface area contributed by atoms with Crippen LogP contribution in [0.2, 0.25) is 0 Å². The third-order valence-electron chi connectivity index (χ3n) is 5.34. The van der Waals surface area contributed by atoms with Crippen molar-refractivity contribution in [1.29, 1.82) is 0 Å². The average molecular weight is 543 g/mol. The number of aromatic nitrogens is 1. The summed E-state index contributed by atoms with van der Waals surface area (Å²) < 4.78 is 10.8. The number of carbonyl (C=O) groups excluding carboxylic acids is 3. The van der Waals surface area contributed by atoms with E-state index in [1.807, 2.05) is 0 Å². The Kier molecular flexibility index (Phi) is 6.54. The molecule has 1 fully saturated rings. The van der Waals surface area contributed by atoms with Gasteiger partial charge in [-0.05, 0) is 36.8 Å². The van der Waals surface area contributed by atoms with Gasteiger partial charge in [-0.25, -0.2) is 9.78 Å². The summed E-state index contributed by atoms with van der Waals surface area (Å²) in [7, 11) is 2.74. The van der Waals surface area contributed by atoms with E-state index in [-0.39, 0.29) is 21.3 Å². The summed E-state index contributed by atoms with van der Waals surface area (Å²) in [6.45, 7) is 1.62. The number of methoxy groups -OCH3 is 2. The molecule has 1 atom stereocenters. The quantitative estimate of drug-likeness (QED) is 0.216. The van der Waals surface area contributed by atoms with Gasteiger partial charge in [-0.1, -0.05) is 51.5 Å². The standard InChI is InChI=1S/C24H19BrN2O6S/c1-12-21(23(31)33-3)34-24(26-12)27-18(13-7-9-15(25)10-8-13)17(20(29)22(27)30)19(28)14-5-4-6-16(11-14)32-2/h4-11,18,28H,1-3H3/b19-17+/t18-/m0/s1. The van der Waals surface area contributed by atoms with Crippen molar-refractivity contribution >= 4 is 55.8 Å². The number of thiazole rings is 1. The van der Waals surface area contributed by atoms with Gasteiger partial charge in [0.15, 0.2) is 5.13 Å². The number of Topliss-reactive ketones (excluding diaryl/α,β-unsaturated/α-hetero) is 1. The van der Waals surface area contributed by atoms with Gasteiger partial charge in [0.2, 0.25) is 0 Å². The van der Waals surface area contributed by atoms with Crippen molar-refractivity contribution in [3.8, 4) is 5.75 Å². The Hall–Kier alpha value is -3.50. The van der Waals surface area contributed by atoms with Crippen LogP contribution in [0.4, 0.5) is 5.13 Å². The number of halogens is 1. The molecule has 4 rings (SSSR count). The number of carbonyl (C=O) groups is 3. The Morgan fingerprint density at radius 1 is 1.15 bits per heavy atom. The molecule has 1 saturated heterocycles. The number of esters is 1. The number of hydrogen-bond donors (Lipinski definition) is 1. The minimum absolute atomic E-state index is 0.0898. The zero-order valence-electron chi connectivity index (χ0n) is 18.4. The number of aryl methyl sites for hydroxylation is 1. The molecule has 10 heteroatoms. The van der Waals surface area contributed by atoms with E-state index in [0.717, 1.165) is 15.8 Å². The molecule has 174 valence electrons. The van der Waals surface area contributed by atoms with E-state index in [1.165, 1.54) is 19.1 Å². The second-order valence-electron chi connectivity index (χ2n) is 7.36. The van der Waals surface area contributed by atoms with Crippen molar-refractivity contribution in [2.75, 3.05) is 19.1 Å². The van der Waals surface area contributed by atoms with E-state index in [9.17, 15) is 19.5 Å². The molecule has 0 unspecified atom stereocenters. The molecule has 1 aliphatic rings. The summed E-state index contributed by atoms with van der Waals surface area (Å²) in [5.41, 5.74) is 1.19. The van der Waals surface area contributed by atoms with Gasteiger partial charge in [-0.2, -0.15) is 0 Å². The van der Waals surface area contributed by atoms with Crippen LogP contribution in [-0.2, 0) is 14.3 Å². The molecular formula is C24H19BrN2O6S. The van der Waals surface area contributed by atoms with Crippen LogP contribution < -0.4 is 9.64 Å². The molecule has 0 radical (unpaired) electrons. The van der Waals surface area contributed by atoms with Crippen LogP contribution in [0, 0.1) is 6.92 Å². The minimum Gasteiger partial charge on any atom is -0.507 e. The molecule has 0 aliphatic carbocycles. The number of hydrogen-bond acceptors (Lipinski definition) is 8. The van der Waals surface area contributed by atoms with Crippen molar-refractivity contribution in [3.05, 3.63) is 80.3 Å². The Morgan fingerprint density at radius 2 is 1.85 bits per heavy atom. The van der Waals surface area contributed by atoms with Crippen molar-refractivity contribution in [2.24, 2.45) is 0 Å². The van der Waals surface area contributed by atoms with Gasteiger partial charge in [-0.15, -0.1) is 0 Å². The second-order valence-corrected chi connectivity index (χ2v) is 9.25. The van der Waals surface area contributed by atoms with Gasteiger partial charge in [0.05, 0.1) is 31.5 Å². The van der Waals surface area contributed by atoms with E-state index in [1.54, 1.807) is 55.5 Å². The van der Waals surface area contributed by atoms with Crippen molar-refractivity contribution in [1.82, 2.24) is 4.98 Å². The summed E-state index contributed by atoms with van der Waals surface area (Å²) in [5, 5.41) is 11.3. The molecule has 34 heavy (non-hydrogen) atoms. The summed E-state index contributed by atoms with van der Waals surface area (Å²) in [4.78, 5) is 44.4. The van der Waals surface area contributed by atoms with Crippen LogP contribution in [0.5, 0.6) is 5.75 Å². The first-order valence-electron chi connectivity index (χ1n) is 10.0. The van der Waals surface area contributed by atoms with Crippen molar-refractivity contribution < 1.29 is 29.0 Å². The number of anilines is 1. The predicted molar refractivity (Wildman–Crippen MR) is 130 cm³/mol. The number of ketones is 1. The second kappa shape index (κ2) is 9.40. The highest BCUT2D eigenvalue weighted by Gasteiger charge is 2.48. The highest BCUT2D eigenvalue weighted by molar-refractivity contribution is 9.10. The van der Waals surface area contributed by atoms with E-state index in [2.05, 4.69) is 20.9 Å². The maximum absolute atomic E-state index is 13.2. The molecule has 0 spiro atoms. The van der Waals surface area contributed by atoms with Crippen LogP contribution >= 0.6 is 27.3 Å². The number of nitrogens with zero attached hydrogens (tertiary/aromatic N) is 2. The zero-order chi connectivity index (χ0) is 24.6. The number of rotatable bonds is 5. The van der Waals surface area contributed by atoms with Gasteiger partial charge in [0.25, 0.3) is 5.78 Å². The van der Waals surface area contributed by atoms with E-state index in [0.29, 0.717) is 22.6 Å². The largest absolute Gasteiger partial charge is 0.507 e. The number of aliphatic hydroxyl groups excluding tert-OH is 1. The third kappa shape index (κ3) is 4.10. The first-order chi connectivity index (χ1) is 16.3. The summed E-state index contributed by atoms with van der Waals surface area (Å²) in [5.74, 6) is -2.16. The maximum Gasteiger partial charge on any atom is 0.350 e. The highest BCUT2D eigenvalue weighted by Crippen LogP contribution is 2.44. The van der Waals surface area contributed by atoms with E-state index in [4.69, 9.17) is 9.47 Å². The fraction of sp³-hybridized carbons (Fsp3) is 0.167. The van der Waals surface area contributed by atoms with E-state index >= 15 is 0 Å². The Morgan fingerprint density at radius 3 is 2.50 bits per heavy atom. The van der Waals surface area contributed by atoms with Crippen LogP contribution in [0.3, 0.4) is 0 Å². The number of benzene rings is 2. The van der Waals surface area contributed by atoms with Crippen LogP contribution in [-0.4, -0.2) is 42.0 Å². The van der Waals surface area contributed by atoms with Gasteiger partial charge >= 0.3 is 11.9 Å². The smallest absolute Gasteiger partial charge is 0.350 e. The first-order valence-corrected chi connectivity index (χ1v) is 11.6. The molecule has 1 N–H and O–H groups in total. The van der Waals surface area contributed by atoms with Gasteiger partial charge in [0, 0.05) is 10.0 Å². The number of ether oxygens (including phenoxy) is 2. The fourth-order valence-electron chi connectivity index (χ4n) is 3.68. The summed E-state index contributed by atoms with van der Waals surface area (Å²) in [6.07, 6.45) is 0. The van der Waals surface area contributed by atoms with Gasteiger partial charge in [-0.3, -0.25) is 14.5 Å². The average Bonchev–Trinajstić information content (AvgIpc) is 3.35. The molecule has 1 amide bonds. The normalized spacial score (nSPS) is 17.2. The zero-order valence-corrected chi connectivity index (χ0v) is 20.8. The van der Waals surface area contributed by atoms with Crippen LogP contribution in [0.1, 0.15) is 32.5 Å². The molecule has 0 saturated carbocycles. The summed E-state index contributed by atoms with van der Waals surface area (Å²) >= 11 is 4.33. The lowest BCUT2D eigenvalue weighted by Gasteiger charge is -2.23. The van der Waals surface area contributed by atoms with Gasteiger partial charge < -0.3 is 14.6 Å². The predicted octanol–water partition coefficient (Wildman–Crippen LogP) is 4.64. The molecule has 2 heterocycles. The van der Waals surface area contributed by atoms with E-state index < -0.39 is 23.7 Å². The SMILES string of the molecule is COC(=O)c1sc(N2C(=O)C(=O)/C(=C(/O)c3cccc(OC)c3)[C@@H]2c2ccc(Br)cc2)nc1C. The molecule has 3 aromatic rings. The van der Waals surface area contributed by atoms with Gasteiger partial charge in [0.1, 0.15) is 16.4 Å². The topological polar surface area (TPSA) is 106 Å². The maximum atomic E-state index is 13.2. The molecule has 2 aromatic carbocycles. The number of aliphatic hydroxyl groups is 1. The molecule has 0 bridgehead atoms. The van der Waals surface area contributed by atoms with Crippen LogP contribution in [0.25, 0.3) is 5.76 Å².